The van der Waals surface area contributed by atoms with Crippen LogP contribution in [0.4, 0.5) is 0 Å². The van der Waals surface area contributed by atoms with E-state index in [-0.39, 0.29) is 36.0 Å². The van der Waals surface area contributed by atoms with Crippen LogP contribution in [0.25, 0.3) is 0 Å². The van der Waals surface area contributed by atoms with Crippen LogP contribution in [0.2, 0.25) is 0 Å². The molecule has 0 bridgehead atoms. The molecule has 0 spiro atoms. The summed E-state index contributed by atoms with van der Waals surface area (Å²) in [6.07, 6.45) is 4.19. The maximum Gasteiger partial charge on any atom is 0.273 e. The standard InChI is InChI=1S/C20H32N6O3/c1-5-25-18(28)16-12-15(17(27)21-10-11-24(3)4)23-26(16)13-20(25,2)19(29)22-14-8-6-7-9-14/h12,14H,5-11,13H2,1-4H3,(H,21,27)(H,22,29). The molecule has 1 atom stereocenters. The van der Waals surface area contributed by atoms with Gasteiger partial charge in [-0.2, -0.15) is 5.10 Å². The molecule has 1 saturated carbocycles. The summed E-state index contributed by atoms with van der Waals surface area (Å²) in [7, 11) is 3.86. The topological polar surface area (TPSA) is 99.6 Å². The van der Waals surface area contributed by atoms with Crippen LogP contribution in [-0.4, -0.2) is 82.6 Å². The Kier molecular flexibility index (Phi) is 6.26. The molecule has 160 valence electrons. The van der Waals surface area contributed by atoms with Crippen molar-refractivity contribution in [3.05, 3.63) is 17.5 Å². The van der Waals surface area contributed by atoms with Crippen molar-refractivity contribution in [3.63, 3.8) is 0 Å². The molecule has 3 amide bonds. The zero-order chi connectivity index (χ0) is 21.2. The minimum Gasteiger partial charge on any atom is -0.351 e. The van der Waals surface area contributed by atoms with Crippen LogP contribution >= 0.6 is 0 Å². The van der Waals surface area contributed by atoms with E-state index in [0.717, 1.165) is 25.7 Å². The fourth-order valence-corrected chi connectivity index (χ4v) is 4.14. The van der Waals surface area contributed by atoms with Gasteiger partial charge in [0.05, 0.1) is 6.54 Å². The average molecular weight is 405 g/mol. The smallest absolute Gasteiger partial charge is 0.273 e. The highest BCUT2D eigenvalue weighted by molar-refractivity contribution is 6.01. The lowest BCUT2D eigenvalue weighted by atomic mass is 9.94. The van der Waals surface area contributed by atoms with Crippen LogP contribution < -0.4 is 10.6 Å². The molecule has 1 aromatic heterocycles. The molecule has 0 aromatic carbocycles. The van der Waals surface area contributed by atoms with E-state index in [1.807, 2.05) is 25.9 Å². The summed E-state index contributed by atoms with van der Waals surface area (Å²) >= 11 is 0. The number of aromatic nitrogens is 2. The van der Waals surface area contributed by atoms with E-state index >= 15 is 0 Å². The second kappa shape index (κ2) is 8.52. The van der Waals surface area contributed by atoms with Crippen LogP contribution in [0, 0.1) is 0 Å². The summed E-state index contributed by atoms with van der Waals surface area (Å²) < 4.78 is 1.50. The first-order valence-corrected chi connectivity index (χ1v) is 10.4. The quantitative estimate of drug-likeness (QED) is 0.688. The van der Waals surface area contributed by atoms with E-state index in [1.54, 1.807) is 11.8 Å². The number of amides is 3. The molecule has 1 fully saturated rings. The van der Waals surface area contributed by atoms with E-state index < -0.39 is 5.54 Å². The first-order chi connectivity index (χ1) is 13.8. The second-order valence-corrected chi connectivity index (χ2v) is 8.41. The third kappa shape index (κ3) is 4.29. The van der Waals surface area contributed by atoms with Gasteiger partial charge in [0.2, 0.25) is 5.91 Å². The van der Waals surface area contributed by atoms with Gasteiger partial charge in [0, 0.05) is 31.7 Å². The van der Waals surface area contributed by atoms with Gasteiger partial charge in [0.25, 0.3) is 11.8 Å². The van der Waals surface area contributed by atoms with Crippen LogP contribution in [0.5, 0.6) is 0 Å². The predicted octanol–water partition coefficient (Wildman–Crippen LogP) is 0.468. The molecule has 9 nitrogen and oxygen atoms in total. The molecule has 1 unspecified atom stereocenters. The fraction of sp³-hybridized carbons (Fsp3) is 0.700. The first-order valence-electron chi connectivity index (χ1n) is 10.4. The van der Waals surface area contributed by atoms with E-state index in [9.17, 15) is 14.4 Å². The third-order valence-electron chi connectivity index (χ3n) is 5.87. The van der Waals surface area contributed by atoms with Crippen molar-refractivity contribution < 1.29 is 14.4 Å². The Balaban J connectivity index is 1.79. The maximum absolute atomic E-state index is 13.1. The third-order valence-corrected chi connectivity index (χ3v) is 5.87. The highest BCUT2D eigenvalue weighted by atomic mass is 16.2. The van der Waals surface area contributed by atoms with Gasteiger partial charge >= 0.3 is 0 Å². The van der Waals surface area contributed by atoms with Gasteiger partial charge in [0.15, 0.2) is 5.69 Å². The van der Waals surface area contributed by atoms with Gasteiger partial charge in [-0.05, 0) is 40.8 Å². The Hall–Kier alpha value is -2.42. The Bertz CT molecular complexity index is 783. The number of hydrogen-bond acceptors (Lipinski definition) is 5. The number of likely N-dealkylation sites (N-methyl/N-ethyl adjacent to an activating group) is 2. The molecule has 0 saturated heterocycles. The minimum absolute atomic E-state index is 0.155. The molecule has 2 N–H and O–H groups in total. The van der Waals surface area contributed by atoms with Crippen molar-refractivity contribution in [2.75, 3.05) is 33.7 Å². The van der Waals surface area contributed by atoms with Crippen LogP contribution in [-0.2, 0) is 11.3 Å². The number of nitrogens with one attached hydrogen (secondary N) is 2. The summed E-state index contributed by atoms with van der Waals surface area (Å²) in [4.78, 5) is 42.2. The van der Waals surface area contributed by atoms with Crippen molar-refractivity contribution in [1.82, 2.24) is 30.2 Å². The molecular formula is C20H32N6O3. The van der Waals surface area contributed by atoms with Crippen molar-refractivity contribution >= 4 is 17.7 Å². The maximum atomic E-state index is 13.1. The Morgan fingerprint density at radius 3 is 2.62 bits per heavy atom. The first kappa shape index (κ1) is 21.3. The molecule has 2 heterocycles. The zero-order valence-electron chi connectivity index (χ0n) is 17.8. The Morgan fingerprint density at radius 2 is 2.00 bits per heavy atom. The lowest BCUT2D eigenvalue weighted by Crippen LogP contribution is -2.64. The molecule has 3 rings (SSSR count). The van der Waals surface area contributed by atoms with Crippen molar-refractivity contribution in [2.45, 2.75) is 57.7 Å². The van der Waals surface area contributed by atoms with E-state index in [1.165, 1.54) is 10.7 Å². The molecule has 1 aromatic rings. The molecule has 29 heavy (non-hydrogen) atoms. The Morgan fingerprint density at radius 1 is 1.31 bits per heavy atom. The second-order valence-electron chi connectivity index (χ2n) is 8.41. The monoisotopic (exact) mass is 404 g/mol. The molecule has 1 aliphatic heterocycles. The Labute approximate surface area is 171 Å². The van der Waals surface area contributed by atoms with Gasteiger partial charge in [-0.1, -0.05) is 12.8 Å². The number of fused-ring (bicyclic) bond motifs is 1. The van der Waals surface area contributed by atoms with Crippen LogP contribution in [0.15, 0.2) is 6.07 Å². The molecule has 9 heteroatoms. The number of rotatable bonds is 7. The van der Waals surface area contributed by atoms with Gasteiger partial charge in [-0.25, -0.2) is 0 Å². The van der Waals surface area contributed by atoms with E-state index in [0.29, 0.717) is 25.3 Å². The highest BCUT2D eigenvalue weighted by Crippen LogP contribution is 2.28. The summed E-state index contributed by atoms with van der Waals surface area (Å²) in [6.45, 7) is 5.47. The van der Waals surface area contributed by atoms with Gasteiger partial charge in [-0.3, -0.25) is 19.1 Å². The molecule has 1 aliphatic carbocycles. The largest absolute Gasteiger partial charge is 0.351 e. The van der Waals surface area contributed by atoms with Crippen molar-refractivity contribution in [3.8, 4) is 0 Å². The molecular weight excluding hydrogens is 372 g/mol. The highest BCUT2D eigenvalue weighted by Gasteiger charge is 2.48. The van der Waals surface area contributed by atoms with Crippen LogP contribution in [0.3, 0.4) is 0 Å². The minimum atomic E-state index is -1.04. The normalized spacial score (nSPS) is 22.1. The van der Waals surface area contributed by atoms with Gasteiger partial charge in [-0.15, -0.1) is 0 Å². The number of nitrogens with zero attached hydrogens (tertiary/aromatic N) is 4. The SMILES string of the molecule is CCN1C(=O)c2cc(C(=O)NCCN(C)C)nn2CC1(C)C(=O)NC1CCCC1. The fourth-order valence-electron chi connectivity index (χ4n) is 4.14. The number of carbonyl (C=O) groups is 3. The van der Waals surface area contributed by atoms with Crippen molar-refractivity contribution in [2.24, 2.45) is 0 Å². The summed E-state index contributed by atoms with van der Waals surface area (Å²) in [5.74, 6) is -0.748. The average Bonchev–Trinajstić information content (AvgIpc) is 3.31. The van der Waals surface area contributed by atoms with E-state index in [4.69, 9.17) is 0 Å². The number of hydrogen-bond donors (Lipinski definition) is 2. The zero-order valence-corrected chi connectivity index (χ0v) is 17.8. The lowest BCUT2D eigenvalue weighted by Gasteiger charge is -2.43. The van der Waals surface area contributed by atoms with Gasteiger partial charge in [0.1, 0.15) is 11.2 Å². The number of carbonyl (C=O) groups excluding carboxylic acids is 3. The van der Waals surface area contributed by atoms with E-state index in [2.05, 4.69) is 15.7 Å². The molecule has 0 radical (unpaired) electrons. The molecule has 2 aliphatic rings. The van der Waals surface area contributed by atoms with Gasteiger partial charge < -0.3 is 20.4 Å². The summed E-state index contributed by atoms with van der Waals surface area (Å²) in [6, 6.07) is 1.69. The summed E-state index contributed by atoms with van der Waals surface area (Å²) in [5, 5.41) is 10.3. The van der Waals surface area contributed by atoms with Crippen molar-refractivity contribution in [1.29, 1.82) is 0 Å². The van der Waals surface area contributed by atoms with Crippen LogP contribution in [0.1, 0.15) is 60.5 Å². The lowest BCUT2D eigenvalue weighted by molar-refractivity contribution is -0.133. The summed E-state index contributed by atoms with van der Waals surface area (Å²) in [5.41, 5.74) is -0.495. The predicted molar refractivity (Wildman–Crippen MR) is 109 cm³/mol.